The first kappa shape index (κ1) is 23.2. The molecule has 1 aliphatic carbocycles. The second kappa shape index (κ2) is 9.59. The molecule has 3 aromatic rings. The number of ether oxygens (including phenoxy) is 1. The molecule has 178 valence electrons. The molecule has 2 atom stereocenters. The third-order valence-corrected chi connectivity index (χ3v) is 7.08. The molecule has 1 N–H and O–H groups in total. The Hall–Kier alpha value is -3.57. The monoisotopic (exact) mass is 486 g/mol. The average molecular weight is 487 g/mol. The molecule has 1 amide bonds. The lowest BCUT2D eigenvalue weighted by atomic mass is 9.78. The van der Waals surface area contributed by atoms with Gasteiger partial charge in [0.2, 0.25) is 5.91 Å². The summed E-state index contributed by atoms with van der Waals surface area (Å²) < 4.78 is 5.35. The molecule has 1 heterocycles. The Kier molecular flexibility index (Phi) is 6.35. The number of hydrogen-bond acceptors (Lipinski definition) is 4. The molecule has 1 aliphatic heterocycles. The van der Waals surface area contributed by atoms with E-state index in [-0.39, 0.29) is 17.6 Å². The smallest absolute Gasteiger partial charge is 0.227 e. The molecule has 6 heteroatoms. The predicted molar refractivity (Wildman–Crippen MR) is 139 cm³/mol. The summed E-state index contributed by atoms with van der Waals surface area (Å²) in [5.74, 6) is 0.757. The van der Waals surface area contributed by atoms with Crippen molar-refractivity contribution in [3.63, 3.8) is 0 Å². The highest BCUT2D eigenvalue weighted by Crippen LogP contribution is 2.47. The molecule has 35 heavy (non-hydrogen) atoms. The SMILES string of the molecule is CCC(=O)N1c2ccccc2NC2=C(C(=O)C[C@@H](c3ccc(Cl)cc3)C2)[C@@H]1c1ccc(OC)cc1. The minimum absolute atomic E-state index is 0.0307. The molecule has 0 saturated carbocycles. The van der Waals surface area contributed by atoms with E-state index in [2.05, 4.69) is 5.32 Å². The van der Waals surface area contributed by atoms with Crippen molar-refractivity contribution >= 4 is 34.7 Å². The van der Waals surface area contributed by atoms with Crippen LogP contribution in [-0.4, -0.2) is 18.8 Å². The summed E-state index contributed by atoms with van der Waals surface area (Å²) in [4.78, 5) is 29.1. The minimum atomic E-state index is -0.529. The number of benzene rings is 3. The van der Waals surface area contributed by atoms with E-state index in [9.17, 15) is 9.59 Å². The highest BCUT2D eigenvalue weighted by Gasteiger charge is 2.41. The third kappa shape index (κ3) is 4.32. The van der Waals surface area contributed by atoms with Crippen LogP contribution in [0.25, 0.3) is 0 Å². The summed E-state index contributed by atoms with van der Waals surface area (Å²) in [6.45, 7) is 1.85. The summed E-state index contributed by atoms with van der Waals surface area (Å²) in [6.07, 6.45) is 1.36. The van der Waals surface area contributed by atoms with Crippen LogP contribution in [0.2, 0.25) is 5.02 Å². The van der Waals surface area contributed by atoms with Crippen molar-refractivity contribution in [1.29, 1.82) is 0 Å². The van der Waals surface area contributed by atoms with Gasteiger partial charge in [-0.1, -0.05) is 54.9 Å². The second-order valence-electron chi connectivity index (χ2n) is 8.91. The van der Waals surface area contributed by atoms with E-state index in [0.29, 0.717) is 29.9 Å². The number of nitrogens with zero attached hydrogens (tertiary/aromatic N) is 1. The van der Waals surface area contributed by atoms with Crippen molar-refractivity contribution in [3.8, 4) is 5.75 Å². The molecule has 0 bridgehead atoms. The van der Waals surface area contributed by atoms with Crippen LogP contribution in [-0.2, 0) is 9.59 Å². The van der Waals surface area contributed by atoms with Crippen LogP contribution >= 0.6 is 11.6 Å². The highest BCUT2D eigenvalue weighted by atomic mass is 35.5. The number of carbonyl (C=O) groups excluding carboxylic acids is 2. The number of hydrogen-bond donors (Lipinski definition) is 1. The Bertz CT molecular complexity index is 1300. The fourth-order valence-corrected chi connectivity index (χ4v) is 5.23. The van der Waals surface area contributed by atoms with E-state index < -0.39 is 6.04 Å². The number of anilines is 2. The van der Waals surface area contributed by atoms with Crippen LogP contribution in [0.15, 0.2) is 84.1 Å². The maximum absolute atomic E-state index is 13.9. The molecule has 5 nitrogen and oxygen atoms in total. The average Bonchev–Trinajstić information content (AvgIpc) is 3.03. The number of carbonyl (C=O) groups is 2. The van der Waals surface area contributed by atoms with E-state index >= 15 is 0 Å². The maximum Gasteiger partial charge on any atom is 0.227 e. The van der Waals surface area contributed by atoms with Crippen molar-refractivity contribution in [2.75, 3.05) is 17.3 Å². The lowest BCUT2D eigenvalue weighted by Gasteiger charge is -2.35. The number of rotatable bonds is 4. The fraction of sp³-hybridized carbons (Fsp3) is 0.241. The first-order chi connectivity index (χ1) is 17.0. The zero-order valence-corrected chi connectivity index (χ0v) is 20.5. The van der Waals surface area contributed by atoms with E-state index in [0.717, 1.165) is 33.9 Å². The van der Waals surface area contributed by atoms with Crippen LogP contribution in [0, 0.1) is 0 Å². The summed E-state index contributed by atoms with van der Waals surface area (Å²) in [5.41, 5.74) is 5.06. The van der Waals surface area contributed by atoms with Gasteiger partial charge in [-0.05, 0) is 59.9 Å². The van der Waals surface area contributed by atoms with Gasteiger partial charge in [-0.2, -0.15) is 0 Å². The lowest BCUT2D eigenvalue weighted by molar-refractivity contribution is -0.119. The standard InChI is InChI=1S/C29H27ClN2O3/c1-3-27(34)32-25-7-5-4-6-23(25)31-24-16-20(18-8-12-21(30)13-9-18)17-26(33)28(24)29(32)19-10-14-22(35-2)15-11-19/h4-15,20,29,31H,3,16-17H2,1-2H3/t20-,29-/m0/s1. The highest BCUT2D eigenvalue weighted by molar-refractivity contribution is 6.30. The van der Waals surface area contributed by atoms with E-state index in [1.165, 1.54) is 0 Å². The van der Waals surface area contributed by atoms with Gasteiger partial charge in [0.25, 0.3) is 0 Å². The van der Waals surface area contributed by atoms with E-state index in [1.807, 2.05) is 79.7 Å². The molecule has 0 spiro atoms. The van der Waals surface area contributed by atoms with E-state index in [1.54, 1.807) is 12.0 Å². The Balaban J connectivity index is 1.69. The number of halogens is 1. The summed E-state index contributed by atoms with van der Waals surface area (Å²) >= 11 is 6.10. The molecule has 2 aliphatic rings. The van der Waals surface area contributed by atoms with Crippen LogP contribution < -0.4 is 15.0 Å². The van der Waals surface area contributed by atoms with Crippen molar-refractivity contribution < 1.29 is 14.3 Å². The number of nitrogens with one attached hydrogen (secondary N) is 1. The number of fused-ring (bicyclic) bond motifs is 1. The van der Waals surface area contributed by atoms with Gasteiger partial charge in [-0.15, -0.1) is 0 Å². The Morgan fingerprint density at radius 1 is 1.00 bits per heavy atom. The first-order valence-electron chi connectivity index (χ1n) is 11.8. The van der Waals surface area contributed by atoms with Crippen molar-refractivity contribution in [2.24, 2.45) is 0 Å². The maximum atomic E-state index is 13.9. The largest absolute Gasteiger partial charge is 0.497 e. The number of amides is 1. The summed E-state index contributed by atoms with van der Waals surface area (Å²) in [7, 11) is 1.62. The van der Waals surface area contributed by atoms with Crippen molar-refractivity contribution in [3.05, 3.63) is 100 Å². The predicted octanol–water partition coefficient (Wildman–Crippen LogP) is 6.66. The second-order valence-corrected chi connectivity index (χ2v) is 9.34. The van der Waals surface area contributed by atoms with Crippen molar-refractivity contribution in [1.82, 2.24) is 0 Å². The van der Waals surface area contributed by atoms with Crippen LogP contribution in [0.4, 0.5) is 11.4 Å². The molecular weight excluding hydrogens is 460 g/mol. The van der Waals surface area contributed by atoms with Crippen LogP contribution in [0.5, 0.6) is 5.75 Å². The normalized spacial score (nSPS) is 19.4. The number of ketones is 1. The first-order valence-corrected chi connectivity index (χ1v) is 12.2. The molecule has 5 rings (SSSR count). The molecule has 0 saturated heterocycles. The van der Waals surface area contributed by atoms with Gasteiger partial charge >= 0.3 is 0 Å². The fourth-order valence-electron chi connectivity index (χ4n) is 5.11. The molecular formula is C29H27ClN2O3. The molecule has 0 aromatic heterocycles. The number of allylic oxidation sites excluding steroid dienone is 1. The number of methoxy groups -OCH3 is 1. The van der Waals surface area contributed by atoms with Gasteiger partial charge in [-0.25, -0.2) is 0 Å². The minimum Gasteiger partial charge on any atom is -0.497 e. The lowest BCUT2D eigenvalue weighted by Crippen LogP contribution is -2.38. The van der Waals surface area contributed by atoms with E-state index in [4.69, 9.17) is 16.3 Å². The third-order valence-electron chi connectivity index (χ3n) is 6.83. The van der Waals surface area contributed by atoms with Crippen LogP contribution in [0.3, 0.4) is 0 Å². The Morgan fingerprint density at radius 2 is 1.69 bits per heavy atom. The Morgan fingerprint density at radius 3 is 2.37 bits per heavy atom. The van der Waals surface area contributed by atoms with Gasteiger partial charge in [0.15, 0.2) is 5.78 Å². The number of para-hydroxylation sites is 2. The zero-order valence-electron chi connectivity index (χ0n) is 19.8. The van der Waals surface area contributed by atoms with Gasteiger partial charge in [0.1, 0.15) is 5.75 Å². The molecule has 0 unspecified atom stereocenters. The molecule has 0 fully saturated rings. The van der Waals surface area contributed by atoms with Gasteiger partial charge in [-0.3, -0.25) is 14.5 Å². The summed E-state index contributed by atoms with van der Waals surface area (Å²) in [5, 5.41) is 4.22. The van der Waals surface area contributed by atoms with Gasteiger partial charge in [0, 0.05) is 29.1 Å². The van der Waals surface area contributed by atoms with Crippen LogP contribution in [0.1, 0.15) is 49.3 Å². The topological polar surface area (TPSA) is 58.6 Å². The number of Topliss-reactive ketones (excluding diaryl/α,β-unsaturated/α-hetero) is 1. The quantitative estimate of drug-likeness (QED) is 0.448. The van der Waals surface area contributed by atoms with Gasteiger partial charge < -0.3 is 10.1 Å². The van der Waals surface area contributed by atoms with Gasteiger partial charge in [0.05, 0.1) is 24.5 Å². The summed E-state index contributed by atoms with van der Waals surface area (Å²) in [6, 6.07) is 22.6. The molecule has 3 aromatic carbocycles. The van der Waals surface area contributed by atoms with Crippen molar-refractivity contribution in [2.45, 2.75) is 38.1 Å². The zero-order chi connectivity index (χ0) is 24.5. The Labute approximate surface area is 210 Å². The molecule has 0 radical (unpaired) electrons.